The van der Waals surface area contributed by atoms with Gasteiger partial charge in [-0.25, -0.2) is 0 Å². The quantitative estimate of drug-likeness (QED) is 0.754. The van der Waals surface area contributed by atoms with Crippen LogP contribution in [0.5, 0.6) is 0 Å². The zero-order chi connectivity index (χ0) is 11.7. The van der Waals surface area contributed by atoms with Crippen molar-refractivity contribution in [3.63, 3.8) is 0 Å². The lowest BCUT2D eigenvalue weighted by Gasteiger charge is -2.38. The molecule has 1 N–H and O–H groups in total. The molecule has 0 heterocycles. The molecule has 1 saturated carbocycles. The number of hydrogen-bond acceptors (Lipinski definition) is 2. The molecule has 0 aromatic carbocycles. The van der Waals surface area contributed by atoms with Crippen LogP contribution < -0.4 is 0 Å². The summed E-state index contributed by atoms with van der Waals surface area (Å²) in [6, 6.07) is 0. The minimum Gasteiger partial charge on any atom is -0.432 e. The van der Waals surface area contributed by atoms with E-state index in [0.29, 0.717) is 11.7 Å². The highest BCUT2D eigenvalue weighted by Gasteiger charge is 2.39. The maximum Gasteiger partial charge on any atom is 0.188 e. The molecule has 1 rings (SSSR count). The largest absolute Gasteiger partial charge is 0.432 e. The first-order valence-corrected chi connectivity index (χ1v) is 8.91. The van der Waals surface area contributed by atoms with E-state index in [1.807, 2.05) is 13.1 Å². The van der Waals surface area contributed by atoms with Crippen LogP contribution in [0.15, 0.2) is 0 Å². The molecule has 1 aliphatic rings. The van der Waals surface area contributed by atoms with Crippen molar-refractivity contribution < 1.29 is 9.59 Å². The van der Waals surface area contributed by atoms with E-state index in [-0.39, 0.29) is 5.04 Å². The number of carbonyl (C=O) groups excluding carboxylic acids is 1. The lowest BCUT2D eigenvalue weighted by Crippen LogP contribution is -2.40. The first-order valence-electron chi connectivity index (χ1n) is 5.96. The summed E-state index contributed by atoms with van der Waals surface area (Å²) in [4.78, 5) is 21.3. The lowest BCUT2D eigenvalue weighted by atomic mass is 9.83. The smallest absolute Gasteiger partial charge is 0.188 e. The molecule has 1 aliphatic carbocycles. The number of hydrogen-bond donors (Lipinski definition) is 1. The van der Waals surface area contributed by atoms with Gasteiger partial charge in [0.2, 0.25) is 0 Å². The summed E-state index contributed by atoms with van der Waals surface area (Å²) in [5, 5.41) is 0.0675. The Morgan fingerprint density at radius 2 is 1.80 bits per heavy atom. The highest BCUT2D eigenvalue weighted by molar-refractivity contribution is 6.72. The van der Waals surface area contributed by atoms with Crippen LogP contribution in [0, 0.1) is 5.92 Å². The Morgan fingerprint density at radius 3 is 2.20 bits per heavy atom. The topological polar surface area (TPSA) is 37.3 Å². The van der Waals surface area contributed by atoms with Gasteiger partial charge in [-0.05, 0) is 43.3 Å². The fourth-order valence-electron chi connectivity index (χ4n) is 2.18. The summed E-state index contributed by atoms with van der Waals surface area (Å²) in [6.07, 6.45) is 4.66. The molecule has 0 saturated heterocycles. The van der Waals surface area contributed by atoms with Crippen LogP contribution in [0.3, 0.4) is 0 Å². The maximum absolute atomic E-state index is 11.1. The molecule has 0 amide bonds. The summed E-state index contributed by atoms with van der Waals surface area (Å²) in [5.74, 6) is 1.07. The Morgan fingerprint density at radius 1 is 1.33 bits per heavy atom. The van der Waals surface area contributed by atoms with E-state index in [0.717, 1.165) is 32.1 Å². The van der Waals surface area contributed by atoms with Crippen LogP contribution in [-0.4, -0.2) is 18.9 Å². The third-order valence-corrected chi connectivity index (χ3v) is 7.63. The van der Waals surface area contributed by atoms with Crippen LogP contribution in [0.2, 0.25) is 18.1 Å². The Kier molecular flexibility index (Phi) is 3.77. The minimum atomic E-state index is -2.07. The molecule has 0 aliphatic heterocycles. The van der Waals surface area contributed by atoms with E-state index in [1.165, 1.54) is 0 Å². The monoisotopic (exact) mass is 228 g/mol. The standard InChI is InChI=1S/C12H24O2Si/c1-12(2,15(3,4)14)9-10-5-7-11(13)8-6-10/h10,14H,5-9H2,1-4H3. The van der Waals surface area contributed by atoms with E-state index < -0.39 is 8.32 Å². The van der Waals surface area contributed by atoms with Gasteiger partial charge >= 0.3 is 0 Å². The van der Waals surface area contributed by atoms with E-state index >= 15 is 0 Å². The molecule has 0 atom stereocenters. The first-order chi connectivity index (χ1) is 6.72. The van der Waals surface area contributed by atoms with Crippen LogP contribution >= 0.6 is 0 Å². The molecular weight excluding hydrogens is 204 g/mol. The maximum atomic E-state index is 11.1. The van der Waals surface area contributed by atoms with Crippen LogP contribution in [0.1, 0.15) is 46.0 Å². The SMILES string of the molecule is CC(C)(CC1CCC(=O)CC1)[Si](C)(C)O. The van der Waals surface area contributed by atoms with E-state index in [2.05, 4.69) is 13.8 Å². The van der Waals surface area contributed by atoms with Gasteiger partial charge in [0.25, 0.3) is 0 Å². The molecule has 15 heavy (non-hydrogen) atoms. The van der Waals surface area contributed by atoms with Crippen molar-refractivity contribution >= 4 is 14.1 Å². The molecule has 0 aromatic heterocycles. The van der Waals surface area contributed by atoms with Gasteiger partial charge < -0.3 is 4.80 Å². The second-order valence-electron chi connectivity index (χ2n) is 6.13. The number of Topliss-reactive ketones (excluding diaryl/α,β-unsaturated/α-hetero) is 1. The van der Waals surface area contributed by atoms with Crippen LogP contribution in [-0.2, 0) is 4.79 Å². The van der Waals surface area contributed by atoms with Crippen molar-refractivity contribution in [2.24, 2.45) is 5.92 Å². The van der Waals surface area contributed by atoms with Gasteiger partial charge in [0.1, 0.15) is 5.78 Å². The molecule has 0 aromatic rings. The van der Waals surface area contributed by atoms with E-state index in [1.54, 1.807) is 0 Å². The summed E-state index contributed by atoms with van der Waals surface area (Å²) >= 11 is 0. The highest BCUT2D eigenvalue weighted by Crippen LogP contribution is 2.44. The van der Waals surface area contributed by atoms with Gasteiger partial charge in [-0.2, -0.15) is 0 Å². The van der Waals surface area contributed by atoms with E-state index in [9.17, 15) is 9.59 Å². The van der Waals surface area contributed by atoms with E-state index in [4.69, 9.17) is 0 Å². The summed E-state index contributed by atoms with van der Waals surface area (Å²) in [5.41, 5.74) is 0. The third-order valence-electron chi connectivity index (χ3n) is 4.12. The third kappa shape index (κ3) is 3.42. The van der Waals surface area contributed by atoms with Gasteiger partial charge in [-0.3, -0.25) is 4.79 Å². The fraction of sp³-hybridized carbons (Fsp3) is 0.917. The molecule has 0 radical (unpaired) electrons. The number of ketones is 1. The Hall–Kier alpha value is -0.153. The van der Waals surface area contributed by atoms with Gasteiger partial charge in [-0.15, -0.1) is 0 Å². The first kappa shape index (κ1) is 12.9. The predicted molar refractivity (Wildman–Crippen MR) is 65.3 cm³/mol. The van der Waals surface area contributed by atoms with Crippen LogP contribution in [0.4, 0.5) is 0 Å². The second-order valence-corrected chi connectivity index (χ2v) is 10.6. The number of rotatable bonds is 3. The Labute approximate surface area is 94.2 Å². The predicted octanol–water partition coefficient (Wildman–Crippen LogP) is 3.11. The van der Waals surface area contributed by atoms with Crippen molar-refractivity contribution in [2.45, 2.75) is 64.1 Å². The highest BCUT2D eigenvalue weighted by atomic mass is 28.4. The molecule has 3 heteroatoms. The Bertz CT molecular complexity index is 230. The van der Waals surface area contributed by atoms with Crippen LogP contribution in [0.25, 0.3) is 0 Å². The van der Waals surface area contributed by atoms with Crippen molar-refractivity contribution in [2.75, 3.05) is 0 Å². The zero-order valence-corrected chi connectivity index (χ0v) is 11.5. The molecule has 0 bridgehead atoms. The van der Waals surface area contributed by atoms with Crippen molar-refractivity contribution in [1.29, 1.82) is 0 Å². The number of carbonyl (C=O) groups is 1. The molecule has 88 valence electrons. The van der Waals surface area contributed by atoms with Gasteiger partial charge in [0.05, 0.1) is 0 Å². The lowest BCUT2D eigenvalue weighted by molar-refractivity contribution is -0.121. The van der Waals surface area contributed by atoms with Crippen molar-refractivity contribution in [1.82, 2.24) is 0 Å². The molecular formula is C12H24O2Si. The van der Waals surface area contributed by atoms with Crippen molar-refractivity contribution in [3.05, 3.63) is 0 Å². The van der Waals surface area contributed by atoms with Gasteiger partial charge in [-0.1, -0.05) is 13.8 Å². The summed E-state index contributed by atoms with van der Waals surface area (Å²) < 4.78 is 0. The van der Waals surface area contributed by atoms with Crippen molar-refractivity contribution in [3.8, 4) is 0 Å². The average molecular weight is 228 g/mol. The van der Waals surface area contributed by atoms with Gasteiger partial charge in [0, 0.05) is 12.8 Å². The minimum absolute atomic E-state index is 0.0675. The summed E-state index contributed by atoms with van der Waals surface area (Å²) in [7, 11) is -2.07. The Balaban J connectivity index is 2.51. The normalized spacial score (nSPS) is 20.7. The molecule has 0 spiro atoms. The summed E-state index contributed by atoms with van der Waals surface area (Å²) in [6.45, 7) is 8.38. The molecule has 2 nitrogen and oxygen atoms in total. The van der Waals surface area contributed by atoms with Gasteiger partial charge in [0.15, 0.2) is 8.32 Å². The second kappa shape index (κ2) is 4.38. The average Bonchev–Trinajstić information content (AvgIpc) is 2.06. The molecule has 0 unspecified atom stereocenters. The zero-order valence-electron chi connectivity index (χ0n) is 10.5. The molecule has 1 fully saturated rings. The fourth-order valence-corrected chi connectivity index (χ4v) is 2.96.